The van der Waals surface area contributed by atoms with Gasteiger partial charge in [-0.05, 0) is 53.8 Å². The van der Waals surface area contributed by atoms with Gasteiger partial charge in [0.1, 0.15) is 5.75 Å². The van der Waals surface area contributed by atoms with E-state index < -0.39 is 5.97 Å². The lowest BCUT2D eigenvalue weighted by atomic mass is 10.0. The standard InChI is InChI=1S/C24H22N2O4/c1-25-21(27)14-30-24(28)22-18-5-3-4-6-20(18)26-23-16(9-12-19(22)23)13-15-7-10-17(29-2)11-8-15/h3-8,10-11,13H,9,12,14H2,1-2H3,(H,25,27)/b16-13+. The Balaban J connectivity index is 1.77. The van der Waals surface area contributed by atoms with Crippen LogP contribution in [-0.4, -0.2) is 37.6 Å². The summed E-state index contributed by atoms with van der Waals surface area (Å²) in [6, 6.07) is 15.3. The fourth-order valence-electron chi connectivity index (χ4n) is 3.69. The number of aromatic nitrogens is 1. The summed E-state index contributed by atoms with van der Waals surface area (Å²) < 4.78 is 10.5. The molecule has 0 saturated heterocycles. The third-order valence-corrected chi connectivity index (χ3v) is 5.22. The van der Waals surface area contributed by atoms with E-state index in [1.165, 1.54) is 7.05 Å². The lowest BCUT2D eigenvalue weighted by molar-refractivity contribution is -0.123. The maximum atomic E-state index is 12.9. The second-order valence-corrected chi connectivity index (χ2v) is 7.02. The van der Waals surface area contributed by atoms with Gasteiger partial charge >= 0.3 is 5.97 Å². The fourth-order valence-corrected chi connectivity index (χ4v) is 3.69. The number of para-hydroxylation sites is 1. The normalized spacial score (nSPS) is 13.9. The molecule has 0 saturated carbocycles. The van der Waals surface area contributed by atoms with Gasteiger partial charge in [0, 0.05) is 12.4 Å². The molecule has 2 aromatic carbocycles. The third kappa shape index (κ3) is 3.76. The van der Waals surface area contributed by atoms with Crippen molar-refractivity contribution in [2.75, 3.05) is 20.8 Å². The summed E-state index contributed by atoms with van der Waals surface area (Å²) in [6.07, 6.45) is 3.56. The number of rotatable bonds is 5. The fraction of sp³-hybridized carbons (Fsp3) is 0.208. The van der Waals surface area contributed by atoms with Crippen molar-refractivity contribution in [1.29, 1.82) is 0 Å². The molecule has 4 rings (SSSR count). The van der Waals surface area contributed by atoms with Gasteiger partial charge < -0.3 is 14.8 Å². The minimum Gasteiger partial charge on any atom is -0.497 e. The molecule has 0 fully saturated rings. The number of fused-ring (bicyclic) bond motifs is 2. The first kappa shape index (κ1) is 19.6. The number of hydrogen-bond acceptors (Lipinski definition) is 5. The minimum absolute atomic E-state index is 0.310. The van der Waals surface area contributed by atoms with Gasteiger partial charge in [-0.1, -0.05) is 30.3 Å². The average molecular weight is 402 g/mol. The maximum Gasteiger partial charge on any atom is 0.339 e. The van der Waals surface area contributed by atoms with E-state index in [9.17, 15) is 9.59 Å². The minimum atomic E-state index is -0.501. The van der Waals surface area contributed by atoms with E-state index >= 15 is 0 Å². The molecule has 0 atom stereocenters. The molecule has 1 aliphatic carbocycles. The molecule has 3 aromatic rings. The number of amides is 1. The van der Waals surface area contributed by atoms with E-state index in [0.29, 0.717) is 12.0 Å². The molecule has 1 aromatic heterocycles. The second-order valence-electron chi connectivity index (χ2n) is 7.02. The number of allylic oxidation sites excluding steroid dienone is 1. The lowest BCUT2D eigenvalue weighted by Gasteiger charge is -2.12. The number of hydrogen-bond donors (Lipinski definition) is 1. The molecule has 152 valence electrons. The molecule has 30 heavy (non-hydrogen) atoms. The number of nitrogens with one attached hydrogen (secondary N) is 1. The summed E-state index contributed by atoms with van der Waals surface area (Å²) >= 11 is 0. The van der Waals surface area contributed by atoms with E-state index in [4.69, 9.17) is 14.5 Å². The molecular weight excluding hydrogens is 380 g/mol. The average Bonchev–Trinajstić information content (AvgIpc) is 3.18. The summed E-state index contributed by atoms with van der Waals surface area (Å²) in [5, 5.41) is 3.20. The van der Waals surface area contributed by atoms with Crippen LogP contribution in [0.5, 0.6) is 5.75 Å². The maximum absolute atomic E-state index is 12.9. The molecule has 6 nitrogen and oxygen atoms in total. The van der Waals surface area contributed by atoms with E-state index in [1.54, 1.807) is 7.11 Å². The van der Waals surface area contributed by atoms with Crippen molar-refractivity contribution in [1.82, 2.24) is 10.3 Å². The van der Waals surface area contributed by atoms with Crippen molar-refractivity contribution in [2.45, 2.75) is 12.8 Å². The third-order valence-electron chi connectivity index (χ3n) is 5.22. The number of esters is 1. The van der Waals surface area contributed by atoms with Gasteiger partial charge in [-0.15, -0.1) is 0 Å². The number of ether oxygens (including phenoxy) is 2. The molecule has 1 amide bonds. The number of pyridine rings is 1. The van der Waals surface area contributed by atoms with Crippen LogP contribution in [0.4, 0.5) is 0 Å². The Kier molecular flexibility index (Phi) is 5.48. The lowest BCUT2D eigenvalue weighted by Crippen LogP contribution is -2.25. The first-order valence-electron chi connectivity index (χ1n) is 9.75. The zero-order chi connectivity index (χ0) is 21.1. The predicted molar refractivity (Wildman–Crippen MR) is 115 cm³/mol. The molecule has 0 spiro atoms. The highest BCUT2D eigenvalue weighted by Crippen LogP contribution is 2.37. The van der Waals surface area contributed by atoms with E-state index in [0.717, 1.165) is 45.5 Å². The van der Waals surface area contributed by atoms with Crippen molar-refractivity contribution in [3.8, 4) is 5.75 Å². The van der Waals surface area contributed by atoms with Gasteiger partial charge in [-0.2, -0.15) is 0 Å². The molecular formula is C24H22N2O4. The zero-order valence-corrected chi connectivity index (χ0v) is 16.9. The van der Waals surface area contributed by atoms with Gasteiger partial charge in [-0.25, -0.2) is 9.78 Å². The van der Waals surface area contributed by atoms with Crippen molar-refractivity contribution in [2.24, 2.45) is 0 Å². The van der Waals surface area contributed by atoms with Crippen molar-refractivity contribution >= 4 is 34.4 Å². The highest BCUT2D eigenvalue weighted by molar-refractivity contribution is 6.07. The summed E-state index contributed by atoms with van der Waals surface area (Å²) in [4.78, 5) is 29.3. The quantitative estimate of drug-likeness (QED) is 0.660. The molecule has 0 radical (unpaired) electrons. The van der Waals surface area contributed by atoms with Crippen molar-refractivity contribution < 1.29 is 19.1 Å². The molecule has 0 bridgehead atoms. The Bertz CT molecular complexity index is 1150. The Morgan fingerprint density at radius 3 is 2.60 bits per heavy atom. The van der Waals surface area contributed by atoms with Gasteiger partial charge in [0.25, 0.3) is 5.91 Å². The van der Waals surface area contributed by atoms with Crippen LogP contribution in [0.1, 0.15) is 33.6 Å². The molecule has 1 heterocycles. The van der Waals surface area contributed by atoms with Crippen LogP contribution in [0.2, 0.25) is 0 Å². The Labute approximate surface area is 174 Å². The zero-order valence-electron chi connectivity index (χ0n) is 16.9. The topological polar surface area (TPSA) is 77.5 Å². The molecule has 6 heteroatoms. The summed E-state index contributed by atoms with van der Waals surface area (Å²) in [5.74, 6) is -0.0492. The number of methoxy groups -OCH3 is 1. The van der Waals surface area contributed by atoms with Gasteiger partial charge in [0.15, 0.2) is 6.61 Å². The monoisotopic (exact) mass is 402 g/mol. The Morgan fingerprint density at radius 1 is 1.10 bits per heavy atom. The van der Waals surface area contributed by atoms with Gasteiger partial charge in [0.2, 0.25) is 0 Å². The molecule has 1 aliphatic rings. The van der Waals surface area contributed by atoms with E-state index in [2.05, 4.69) is 11.4 Å². The van der Waals surface area contributed by atoms with Crippen molar-refractivity contribution in [3.63, 3.8) is 0 Å². The number of carbonyl (C=O) groups is 2. The number of carbonyl (C=O) groups excluding carboxylic acids is 2. The summed E-state index contributed by atoms with van der Waals surface area (Å²) in [5.41, 5.74) is 5.02. The smallest absolute Gasteiger partial charge is 0.339 e. The van der Waals surface area contributed by atoms with Crippen LogP contribution in [0.3, 0.4) is 0 Å². The number of benzene rings is 2. The first-order valence-corrected chi connectivity index (χ1v) is 9.75. The molecule has 0 unspecified atom stereocenters. The first-order chi connectivity index (χ1) is 14.6. The van der Waals surface area contributed by atoms with Crippen molar-refractivity contribution in [3.05, 3.63) is 70.9 Å². The summed E-state index contributed by atoms with van der Waals surface area (Å²) in [6.45, 7) is -0.310. The van der Waals surface area contributed by atoms with Crippen LogP contribution in [-0.2, 0) is 16.0 Å². The van der Waals surface area contributed by atoms with Crippen LogP contribution < -0.4 is 10.1 Å². The number of likely N-dealkylation sites (N-methyl/N-ethyl adjacent to an activating group) is 1. The highest BCUT2D eigenvalue weighted by Gasteiger charge is 2.27. The van der Waals surface area contributed by atoms with E-state index in [-0.39, 0.29) is 12.5 Å². The molecule has 1 N–H and O–H groups in total. The van der Waals surface area contributed by atoms with Crippen LogP contribution in [0.25, 0.3) is 22.6 Å². The van der Waals surface area contributed by atoms with Crippen LogP contribution in [0, 0.1) is 0 Å². The van der Waals surface area contributed by atoms with E-state index in [1.807, 2.05) is 48.5 Å². The van der Waals surface area contributed by atoms with Gasteiger partial charge in [0.05, 0.1) is 23.9 Å². The number of nitrogens with zero attached hydrogens (tertiary/aromatic N) is 1. The second kappa shape index (κ2) is 8.37. The predicted octanol–water partition coefficient (Wildman–Crippen LogP) is 3.63. The van der Waals surface area contributed by atoms with Crippen LogP contribution >= 0.6 is 0 Å². The Hall–Kier alpha value is -3.67. The molecule has 0 aliphatic heterocycles. The van der Waals surface area contributed by atoms with Gasteiger partial charge in [-0.3, -0.25) is 4.79 Å². The summed E-state index contributed by atoms with van der Waals surface area (Å²) in [7, 11) is 3.15. The SMILES string of the molecule is CNC(=O)COC(=O)c1c2c(nc3ccccc13)/C(=C/c1ccc(OC)cc1)CC2. The largest absolute Gasteiger partial charge is 0.497 e. The Morgan fingerprint density at radius 2 is 1.87 bits per heavy atom. The highest BCUT2D eigenvalue weighted by atomic mass is 16.5. The van der Waals surface area contributed by atoms with Crippen LogP contribution in [0.15, 0.2) is 48.5 Å².